The Labute approximate surface area is 257 Å². The first-order valence-electron chi connectivity index (χ1n) is 14.7. The molecule has 1 saturated carbocycles. The molecule has 2 aliphatic heterocycles. The van der Waals surface area contributed by atoms with Crippen molar-refractivity contribution < 1.29 is 32.5 Å². The lowest BCUT2D eigenvalue weighted by Crippen LogP contribution is -2.45. The van der Waals surface area contributed by atoms with E-state index in [2.05, 4.69) is 11.9 Å². The minimum absolute atomic E-state index is 0.0217. The van der Waals surface area contributed by atoms with E-state index in [1.807, 2.05) is 4.57 Å². The van der Waals surface area contributed by atoms with Crippen LogP contribution < -0.4 is 4.74 Å². The molecule has 2 saturated heterocycles. The first-order valence-corrected chi connectivity index (χ1v) is 14.7. The van der Waals surface area contributed by atoms with Crippen LogP contribution in [0.5, 0.6) is 5.88 Å². The fourth-order valence-electron chi connectivity index (χ4n) is 6.75. The summed E-state index contributed by atoms with van der Waals surface area (Å²) in [6, 6.07) is 16.4. The van der Waals surface area contributed by atoms with Crippen molar-refractivity contribution >= 4 is 17.0 Å². The SMILES string of the molecule is Cc1ccc(COc2cccc(-c3cc(F)c(Cc4nc5ccc(C(=O)O)cc5n4CC45CC(C)(CO4)C5)cc3F)n2)c(F)c1. The van der Waals surface area contributed by atoms with E-state index >= 15 is 8.78 Å². The quantitative estimate of drug-likeness (QED) is 0.188. The predicted molar refractivity (Wildman–Crippen MR) is 161 cm³/mol. The van der Waals surface area contributed by atoms with Gasteiger partial charge in [0, 0.05) is 23.6 Å². The number of rotatable bonds is 9. The van der Waals surface area contributed by atoms with Gasteiger partial charge in [-0.2, -0.15) is 0 Å². The van der Waals surface area contributed by atoms with E-state index in [1.54, 1.807) is 49.4 Å². The maximum absolute atomic E-state index is 15.6. The lowest BCUT2D eigenvalue weighted by atomic mass is 9.64. The van der Waals surface area contributed by atoms with Crippen molar-refractivity contribution in [2.75, 3.05) is 6.61 Å². The molecule has 4 heterocycles. The number of imidazole rings is 1. The van der Waals surface area contributed by atoms with E-state index < -0.39 is 29.0 Å². The molecule has 3 aliphatic rings. The van der Waals surface area contributed by atoms with Crippen LogP contribution in [0.4, 0.5) is 13.2 Å². The highest BCUT2D eigenvalue weighted by molar-refractivity contribution is 5.92. The number of hydrogen-bond donors (Lipinski definition) is 1. The molecule has 8 rings (SSSR count). The van der Waals surface area contributed by atoms with Gasteiger partial charge in [-0.15, -0.1) is 0 Å². The molecule has 1 aliphatic carbocycles. The van der Waals surface area contributed by atoms with E-state index in [0.717, 1.165) is 30.5 Å². The number of aromatic carboxylic acids is 1. The highest BCUT2D eigenvalue weighted by Crippen LogP contribution is 2.58. The number of ether oxygens (including phenoxy) is 2. The largest absolute Gasteiger partial charge is 0.478 e. The van der Waals surface area contributed by atoms with Crippen molar-refractivity contribution in [1.29, 1.82) is 0 Å². The van der Waals surface area contributed by atoms with Crippen LogP contribution in [0.15, 0.2) is 66.7 Å². The topological polar surface area (TPSA) is 86.5 Å². The van der Waals surface area contributed by atoms with Crippen molar-refractivity contribution in [1.82, 2.24) is 14.5 Å². The van der Waals surface area contributed by atoms with E-state index in [0.29, 0.717) is 35.6 Å². The smallest absolute Gasteiger partial charge is 0.335 e. The lowest BCUT2D eigenvalue weighted by Gasteiger charge is -2.43. The Bertz CT molecular complexity index is 1980. The number of aromatic nitrogens is 3. The fraction of sp³-hybridized carbons (Fsp3) is 0.286. The molecule has 3 aromatic carbocycles. The van der Waals surface area contributed by atoms with Crippen molar-refractivity contribution in [3.63, 3.8) is 0 Å². The summed E-state index contributed by atoms with van der Waals surface area (Å²) in [5, 5.41) is 9.59. The normalized spacial score (nSPS) is 20.4. The number of pyridine rings is 1. The molecule has 3 fully saturated rings. The maximum atomic E-state index is 15.6. The number of carboxylic acids is 1. The first-order chi connectivity index (χ1) is 21.5. The Hall–Kier alpha value is -4.70. The molecule has 0 atom stereocenters. The van der Waals surface area contributed by atoms with Crippen molar-refractivity contribution in [2.45, 2.75) is 51.9 Å². The van der Waals surface area contributed by atoms with Gasteiger partial charge < -0.3 is 19.1 Å². The summed E-state index contributed by atoms with van der Waals surface area (Å²) in [7, 11) is 0. The summed E-state index contributed by atoms with van der Waals surface area (Å²) < 4.78 is 59.1. The molecule has 5 aromatic rings. The van der Waals surface area contributed by atoms with Crippen LogP contribution in [0.1, 0.15) is 52.6 Å². The van der Waals surface area contributed by atoms with E-state index in [1.165, 1.54) is 12.1 Å². The van der Waals surface area contributed by atoms with Crippen LogP contribution in [0.25, 0.3) is 22.3 Å². The summed E-state index contributed by atoms with van der Waals surface area (Å²) in [5.41, 5.74) is 2.37. The first kappa shape index (κ1) is 29.0. The highest BCUT2D eigenvalue weighted by atomic mass is 19.1. The average Bonchev–Trinajstić information content (AvgIpc) is 3.62. The van der Waals surface area contributed by atoms with Crippen LogP contribution in [0.2, 0.25) is 0 Å². The van der Waals surface area contributed by atoms with E-state index in [9.17, 15) is 14.3 Å². The molecule has 10 heteroatoms. The standard InChI is InChI=1S/C35H30F3N3O4/c1-20-6-7-22(25(36)10-20)15-44-32-5-3-4-28(40-32)24-14-26(37)23(11-27(24)38)13-31-39-29-9-8-21(33(42)43)12-30(29)41(31)18-35-16-34(2,17-35)19-45-35/h3-12,14H,13,15-19H2,1-2H3,(H,42,43). The molecule has 7 nitrogen and oxygen atoms in total. The minimum atomic E-state index is -1.06. The Morgan fingerprint density at radius 2 is 1.78 bits per heavy atom. The molecule has 230 valence electrons. The van der Waals surface area contributed by atoms with Crippen molar-refractivity contribution in [3.8, 4) is 17.1 Å². The van der Waals surface area contributed by atoms with Gasteiger partial charge in [-0.05, 0) is 78.8 Å². The summed E-state index contributed by atoms with van der Waals surface area (Å²) in [5.74, 6) is -2.15. The molecular formula is C35H30F3N3O4. The molecule has 0 spiro atoms. The minimum Gasteiger partial charge on any atom is -0.478 e. The molecule has 0 radical (unpaired) electrons. The number of halogens is 3. The molecule has 2 bridgehead atoms. The number of hydrogen-bond acceptors (Lipinski definition) is 5. The number of nitrogens with zero attached hydrogens (tertiary/aromatic N) is 3. The average molecular weight is 614 g/mol. The summed E-state index contributed by atoms with van der Waals surface area (Å²) in [4.78, 5) is 20.8. The zero-order valence-corrected chi connectivity index (χ0v) is 24.7. The number of fused-ring (bicyclic) bond motifs is 2. The van der Waals surface area contributed by atoms with Gasteiger partial charge in [0.15, 0.2) is 0 Å². The zero-order chi connectivity index (χ0) is 31.5. The molecular weight excluding hydrogens is 583 g/mol. The third-order valence-corrected chi connectivity index (χ3v) is 8.81. The van der Waals surface area contributed by atoms with Gasteiger partial charge in [-0.1, -0.05) is 25.1 Å². The van der Waals surface area contributed by atoms with E-state index in [-0.39, 0.29) is 46.7 Å². The predicted octanol–water partition coefficient (Wildman–Crippen LogP) is 7.26. The van der Waals surface area contributed by atoms with Crippen LogP contribution in [0.3, 0.4) is 0 Å². The van der Waals surface area contributed by atoms with Gasteiger partial charge >= 0.3 is 5.97 Å². The third kappa shape index (κ3) is 5.44. The second-order valence-electron chi connectivity index (χ2n) is 12.6. The highest BCUT2D eigenvalue weighted by Gasteiger charge is 2.59. The van der Waals surface area contributed by atoms with Crippen molar-refractivity contribution in [3.05, 3.63) is 112 Å². The van der Waals surface area contributed by atoms with Gasteiger partial charge in [0.1, 0.15) is 29.9 Å². The van der Waals surface area contributed by atoms with Gasteiger partial charge in [-0.3, -0.25) is 0 Å². The molecule has 1 N–H and O–H groups in total. The Kier molecular flexibility index (Phi) is 6.92. The van der Waals surface area contributed by atoms with Gasteiger partial charge in [0.2, 0.25) is 5.88 Å². The third-order valence-electron chi connectivity index (χ3n) is 8.81. The lowest BCUT2D eigenvalue weighted by molar-refractivity contribution is -0.0260. The number of carbonyl (C=O) groups is 1. The fourth-order valence-corrected chi connectivity index (χ4v) is 6.75. The monoisotopic (exact) mass is 613 g/mol. The molecule has 2 aromatic heterocycles. The number of carboxylic acid groups (broad SMARTS) is 1. The Morgan fingerprint density at radius 1 is 0.978 bits per heavy atom. The Morgan fingerprint density at radius 3 is 2.51 bits per heavy atom. The summed E-state index contributed by atoms with van der Waals surface area (Å²) in [6.07, 6.45) is 1.71. The van der Waals surface area contributed by atoms with Gasteiger partial charge in [-0.25, -0.2) is 27.9 Å². The van der Waals surface area contributed by atoms with Crippen LogP contribution >= 0.6 is 0 Å². The molecule has 45 heavy (non-hydrogen) atoms. The van der Waals surface area contributed by atoms with Gasteiger partial charge in [0.25, 0.3) is 0 Å². The summed E-state index contributed by atoms with van der Waals surface area (Å²) >= 11 is 0. The van der Waals surface area contributed by atoms with Crippen LogP contribution in [-0.4, -0.2) is 37.8 Å². The number of aryl methyl sites for hydroxylation is 1. The van der Waals surface area contributed by atoms with E-state index in [4.69, 9.17) is 14.5 Å². The number of benzene rings is 3. The van der Waals surface area contributed by atoms with Crippen molar-refractivity contribution in [2.24, 2.45) is 5.41 Å². The Balaban J connectivity index is 1.17. The molecule has 0 amide bonds. The van der Waals surface area contributed by atoms with Crippen LogP contribution in [-0.2, 0) is 24.3 Å². The zero-order valence-electron chi connectivity index (χ0n) is 24.7. The second-order valence-corrected chi connectivity index (χ2v) is 12.6. The second kappa shape index (κ2) is 10.7. The summed E-state index contributed by atoms with van der Waals surface area (Å²) in [6.45, 7) is 4.98. The maximum Gasteiger partial charge on any atom is 0.335 e. The van der Waals surface area contributed by atoms with Gasteiger partial charge in [0.05, 0.1) is 41.0 Å². The molecule has 0 unspecified atom stereocenters. The van der Waals surface area contributed by atoms with Crippen LogP contribution in [0, 0.1) is 29.8 Å².